The number of hydrogen-bond donors (Lipinski definition) is 0. The number of rotatable bonds is 7. The Hall–Kier alpha value is -3.45. The van der Waals surface area contributed by atoms with Crippen molar-refractivity contribution in [2.75, 3.05) is 6.54 Å². The van der Waals surface area contributed by atoms with Crippen LogP contribution in [0, 0.1) is 5.82 Å². The van der Waals surface area contributed by atoms with Crippen molar-refractivity contribution in [3.05, 3.63) is 101 Å². The molecule has 0 N–H and O–H groups in total. The summed E-state index contributed by atoms with van der Waals surface area (Å²) in [4.78, 5) is 33.1. The van der Waals surface area contributed by atoms with Gasteiger partial charge in [0.2, 0.25) is 5.91 Å². The molecule has 3 aromatic carbocycles. The van der Waals surface area contributed by atoms with Crippen LogP contribution in [0.1, 0.15) is 19.4 Å². The number of benzene rings is 3. The maximum atomic E-state index is 13.5. The van der Waals surface area contributed by atoms with Crippen molar-refractivity contribution < 1.29 is 9.18 Å². The molecule has 0 fully saturated rings. The number of para-hydroxylation sites is 1. The summed E-state index contributed by atoms with van der Waals surface area (Å²) >= 11 is 1.23. The van der Waals surface area contributed by atoms with Crippen molar-refractivity contribution in [3.63, 3.8) is 0 Å². The third-order valence-electron chi connectivity index (χ3n) is 5.37. The summed E-state index contributed by atoms with van der Waals surface area (Å²) in [6.07, 6.45) is 0. The summed E-state index contributed by atoms with van der Waals surface area (Å²) in [6, 6.07) is 22.6. The van der Waals surface area contributed by atoms with Crippen LogP contribution >= 0.6 is 11.8 Å². The summed E-state index contributed by atoms with van der Waals surface area (Å²) in [5, 5.41) is 0.375. The molecular weight excluding hydrogens is 437 g/mol. The quantitative estimate of drug-likeness (QED) is 0.285. The highest BCUT2D eigenvalue weighted by atomic mass is 32.2. The molecule has 0 bridgehead atoms. The lowest BCUT2D eigenvalue weighted by molar-refractivity contribution is -0.130. The molecule has 7 heteroatoms. The van der Waals surface area contributed by atoms with Gasteiger partial charge in [0, 0.05) is 13.1 Å². The molecule has 0 aliphatic carbocycles. The zero-order chi connectivity index (χ0) is 23.4. The number of carbonyl (C=O) groups excluding carboxylic acids is 1. The van der Waals surface area contributed by atoms with Crippen LogP contribution in [0.4, 0.5) is 4.39 Å². The van der Waals surface area contributed by atoms with Gasteiger partial charge >= 0.3 is 0 Å². The van der Waals surface area contributed by atoms with Gasteiger partial charge in [-0.25, -0.2) is 9.37 Å². The largest absolute Gasteiger partial charge is 0.338 e. The first-order valence-electron chi connectivity index (χ1n) is 10.7. The minimum absolute atomic E-state index is 0.0422. The zero-order valence-corrected chi connectivity index (χ0v) is 19.3. The van der Waals surface area contributed by atoms with Gasteiger partial charge in [0.25, 0.3) is 5.56 Å². The van der Waals surface area contributed by atoms with E-state index in [1.165, 1.54) is 40.6 Å². The number of thioether (sulfide) groups is 1. The summed E-state index contributed by atoms with van der Waals surface area (Å²) in [5.41, 5.74) is 1.85. The Balaban J connectivity index is 1.69. The van der Waals surface area contributed by atoms with E-state index in [1.54, 1.807) is 23.1 Å². The second kappa shape index (κ2) is 10.0. The van der Waals surface area contributed by atoms with Gasteiger partial charge in [0.15, 0.2) is 5.16 Å². The van der Waals surface area contributed by atoms with E-state index in [0.29, 0.717) is 34.8 Å². The first-order valence-corrected chi connectivity index (χ1v) is 11.6. The van der Waals surface area contributed by atoms with Gasteiger partial charge in [-0.2, -0.15) is 0 Å². The number of amides is 1. The fourth-order valence-corrected chi connectivity index (χ4v) is 4.64. The number of nitrogens with zero attached hydrogens (tertiary/aromatic N) is 3. The van der Waals surface area contributed by atoms with Crippen molar-refractivity contribution >= 4 is 28.6 Å². The lowest BCUT2D eigenvalue weighted by atomic mass is 10.2. The fraction of sp³-hybridized carbons (Fsp3) is 0.192. The Morgan fingerprint density at radius 1 is 1.03 bits per heavy atom. The fourth-order valence-electron chi connectivity index (χ4n) is 3.62. The van der Waals surface area contributed by atoms with Crippen molar-refractivity contribution in [3.8, 4) is 5.69 Å². The van der Waals surface area contributed by atoms with E-state index in [9.17, 15) is 14.0 Å². The monoisotopic (exact) mass is 461 g/mol. The number of carbonyl (C=O) groups is 1. The van der Waals surface area contributed by atoms with Crippen LogP contribution in [0.2, 0.25) is 0 Å². The smallest absolute Gasteiger partial charge is 0.266 e. The van der Waals surface area contributed by atoms with Gasteiger partial charge in [-0.3, -0.25) is 14.2 Å². The molecule has 5 nitrogen and oxygen atoms in total. The minimum atomic E-state index is -0.478. The molecular formula is C26H24FN3O2S. The predicted molar refractivity (Wildman–Crippen MR) is 130 cm³/mol. The maximum Gasteiger partial charge on any atom is 0.266 e. The van der Waals surface area contributed by atoms with E-state index < -0.39 is 11.1 Å². The molecule has 0 radical (unpaired) electrons. The van der Waals surface area contributed by atoms with E-state index in [2.05, 4.69) is 4.98 Å². The lowest BCUT2D eigenvalue weighted by Crippen LogP contribution is -2.36. The lowest BCUT2D eigenvalue weighted by Gasteiger charge is -2.25. The SMILES string of the molecule is CCN(Cc1ccccc1)C(=O)C(C)Sc1nc2ccccc2c(=O)n1-c1ccc(F)cc1. The Morgan fingerprint density at radius 3 is 2.39 bits per heavy atom. The average molecular weight is 462 g/mol. The Morgan fingerprint density at radius 2 is 1.70 bits per heavy atom. The molecule has 0 aliphatic heterocycles. The molecule has 4 rings (SSSR count). The first kappa shape index (κ1) is 22.7. The normalized spacial score (nSPS) is 12.0. The highest BCUT2D eigenvalue weighted by Crippen LogP contribution is 2.26. The van der Waals surface area contributed by atoms with E-state index in [0.717, 1.165) is 5.56 Å². The molecule has 0 saturated heterocycles. The Kier molecular flexibility index (Phi) is 6.89. The van der Waals surface area contributed by atoms with Gasteiger partial charge in [-0.15, -0.1) is 0 Å². The number of hydrogen-bond acceptors (Lipinski definition) is 4. The standard InChI is InChI=1S/C26H24FN3O2S/c1-3-29(17-19-9-5-4-6-10-19)24(31)18(2)33-26-28-23-12-8-7-11-22(23)25(32)30(26)21-15-13-20(27)14-16-21/h4-16,18H,3,17H2,1-2H3. The van der Waals surface area contributed by atoms with Gasteiger partial charge in [0.1, 0.15) is 5.82 Å². The van der Waals surface area contributed by atoms with E-state index in [4.69, 9.17) is 0 Å². The highest BCUT2D eigenvalue weighted by Gasteiger charge is 2.24. The molecule has 33 heavy (non-hydrogen) atoms. The molecule has 1 aromatic heterocycles. The van der Waals surface area contributed by atoms with Crippen LogP contribution in [0.5, 0.6) is 0 Å². The van der Waals surface area contributed by atoms with Crippen LogP contribution in [0.15, 0.2) is 88.8 Å². The molecule has 1 amide bonds. The van der Waals surface area contributed by atoms with E-state index in [-0.39, 0.29) is 11.5 Å². The maximum absolute atomic E-state index is 13.5. The molecule has 4 aromatic rings. The first-order chi connectivity index (χ1) is 16.0. The summed E-state index contributed by atoms with van der Waals surface area (Å²) in [5.74, 6) is -0.433. The van der Waals surface area contributed by atoms with E-state index in [1.807, 2.05) is 50.2 Å². The highest BCUT2D eigenvalue weighted by molar-refractivity contribution is 8.00. The number of halogens is 1. The van der Waals surface area contributed by atoms with Crippen molar-refractivity contribution in [1.82, 2.24) is 14.5 Å². The summed E-state index contributed by atoms with van der Waals surface area (Å²) in [6.45, 7) is 4.84. The van der Waals surface area contributed by atoms with Crippen LogP contribution in [0.25, 0.3) is 16.6 Å². The van der Waals surface area contributed by atoms with E-state index >= 15 is 0 Å². The predicted octanol–water partition coefficient (Wildman–Crippen LogP) is 5.05. The average Bonchev–Trinajstić information content (AvgIpc) is 2.84. The Bertz CT molecular complexity index is 1320. The van der Waals surface area contributed by atoms with Crippen LogP contribution in [0.3, 0.4) is 0 Å². The third-order valence-corrected chi connectivity index (χ3v) is 6.41. The van der Waals surface area contributed by atoms with Crippen LogP contribution < -0.4 is 5.56 Å². The topological polar surface area (TPSA) is 55.2 Å². The second-order valence-electron chi connectivity index (χ2n) is 7.63. The molecule has 168 valence electrons. The summed E-state index contributed by atoms with van der Waals surface area (Å²) < 4.78 is 15.0. The Labute approximate surface area is 195 Å². The number of fused-ring (bicyclic) bond motifs is 1. The molecule has 0 spiro atoms. The van der Waals surface area contributed by atoms with Gasteiger partial charge < -0.3 is 4.90 Å². The van der Waals surface area contributed by atoms with Crippen molar-refractivity contribution in [2.24, 2.45) is 0 Å². The van der Waals surface area contributed by atoms with Crippen molar-refractivity contribution in [2.45, 2.75) is 30.8 Å². The molecule has 0 aliphatic rings. The minimum Gasteiger partial charge on any atom is -0.338 e. The summed E-state index contributed by atoms with van der Waals surface area (Å²) in [7, 11) is 0. The van der Waals surface area contributed by atoms with Gasteiger partial charge in [0.05, 0.1) is 21.8 Å². The number of aromatic nitrogens is 2. The van der Waals surface area contributed by atoms with Gasteiger partial charge in [-0.05, 0) is 55.8 Å². The molecule has 0 saturated carbocycles. The van der Waals surface area contributed by atoms with Crippen molar-refractivity contribution in [1.29, 1.82) is 0 Å². The second-order valence-corrected chi connectivity index (χ2v) is 8.93. The third kappa shape index (κ3) is 4.98. The zero-order valence-electron chi connectivity index (χ0n) is 18.4. The van der Waals surface area contributed by atoms with Gasteiger partial charge in [-0.1, -0.05) is 54.2 Å². The molecule has 1 unspecified atom stereocenters. The van der Waals surface area contributed by atoms with Crippen LogP contribution in [-0.2, 0) is 11.3 Å². The molecule has 1 heterocycles. The molecule has 1 atom stereocenters. The van der Waals surface area contributed by atoms with Crippen LogP contribution in [-0.4, -0.2) is 32.2 Å².